The van der Waals surface area contributed by atoms with E-state index in [1.165, 1.54) is 5.57 Å². The number of aliphatic hydroxyl groups excluding tert-OH is 1. The highest BCUT2D eigenvalue weighted by Crippen LogP contribution is 2.36. The number of hydrogen-bond donors (Lipinski definition) is 1. The monoisotopic (exact) mass is 621 g/mol. The zero-order valence-corrected chi connectivity index (χ0v) is 28.9. The van der Waals surface area contributed by atoms with Crippen LogP contribution >= 0.6 is 0 Å². The van der Waals surface area contributed by atoms with Crippen molar-refractivity contribution in [1.29, 1.82) is 0 Å². The fourth-order valence-electron chi connectivity index (χ4n) is 7.14. The van der Waals surface area contributed by atoms with Crippen LogP contribution in [0.4, 0.5) is 0 Å². The Morgan fingerprint density at radius 1 is 1.20 bits per heavy atom. The van der Waals surface area contributed by atoms with Crippen molar-refractivity contribution in [3.05, 3.63) is 24.3 Å². The highest BCUT2D eigenvalue weighted by molar-refractivity contribution is 6.03. The van der Waals surface area contributed by atoms with Gasteiger partial charge in [-0.1, -0.05) is 24.6 Å². The molecule has 0 unspecified atom stereocenters. The Balaban J connectivity index is 1.97. The van der Waals surface area contributed by atoms with Crippen LogP contribution < -0.4 is 0 Å². The highest BCUT2D eigenvalue weighted by atomic mass is 16.7. The average Bonchev–Trinajstić information content (AvgIpc) is 2.94. The van der Waals surface area contributed by atoms with E-state index in [0.717, 1.165) is 26.1 Å². The normalized spacial score (nSPS) is 38.7. The zero-order chi connectivity index (χ0) is 33.0. The van der Waals surface area contributed by atoms with Crippen LogP contribution in [0.25, 0.3) is 0 Å². The van der Waals surface area contributed by atoms with Crippen molar-refractivity contribution < 1.29 is 33.6 Å². The average molecular weight is 622 g/mol. The van der Waals surface area contributed by atoms with Crippen molar-refractivity contribution >= 4 is 11.8 Å². The van der Waals surface area contributed by atoms with Crippen molar-refractivity contribution in [2.75, 3.05) is 54.4 Å². The number of Topliss-reactive ketones (excluding diaryl/α,β-unsaturated/α-hetero) is 1. The Labute approximate surface area is 265 Å². The first kappa shape index (κ1) is 36.8. The molecular formula is C34H59N3O7. The number of hydrogen-bond acceptors (Lipinski definition) is 10. The van der Waals surface area contributed by atoms with Gasteiger partial charge < -0.3 is 29.0 Å². The summed E-state index contributed by atoms with van der Waals surface area (Å²) in [6.07, 6.45) is 2.92. The summed E-state index contributed by atoms with van der Waals surface area (Å²) in [6.45, 7) is 18.4. The van der Waals surface area contributed by atoms with Gasteiger partial charge in [-0.05, 0) is 80.9 Å². The Bertz CT molecular complexity index is 1030. The molecule has 0 aliphatic carbocycles. The lowest BCUT2D eigenvalue weighted by Gasteiger charge is -2.45. The van der Waals surface area contributed by atoms with E-state index in [-0.39, 0.29) is 36.3 Å². The van der Waals surface area contributed by atoms with Crippen LogP contribution in [0.2, 0.25) is 0 Å². The molecule has 0 bridgehead atoms. The fourth-order valence-corrected chi connectivity index (χ4v) is 7.14. The molecule has 10 heteroatoms. The van der Waals surface area contributed by atoms with E-state index in [1.54, 1.807) is 21.0 Å². The quantitative estimate of drug-likeness (QED) is 0.259. The molecule has 0 spiro atoms. The number of ketones is 1. The lowest BCUT2D eigenvalue weighted by Crippen LogP contribution is -2.57. The first-order chi connectivity index (χ1) is 20.5. The molecule has 2 saturated heterocycles. The second-order valence-corrected chi connectivity index (χ2v) is 14.3. The molecule has 44 heavy (non-hydrogen) atoms. The topological polar surface area (TPSA) is 101 Å². The van der Waals surface area contributed by atoms with Crippen molar-refractivity contribution in [1.82, 2.24) is 14.7 Å². The van der Waals surface area contributed by atoms with Crippen LogP contribution in [0.1, 0.15) is 67.2 Å². The molecule has 0 aromatic carbocycles. The minimum atomic E-state index is -1.42. The summed E-state index contributed by atoms with van der Waals surface area (Å²) in [6, 6.07) is -0.298. The van der Waals surface area contributed by atoms with Gasteiger partial charge in [-0.15, -0.1) is 6.58 Å². The summed E-state index contributed by atoms with van der Waals surface area (Å²) in [4.78, 5) is 34.2. The largest absolute Gasteiger partial charge is 0.460 e. The fraction of sp³-hybridized carbons (Fsp3) is 0.824. The van der Waals surface area contributed by atoms with Gasteiger partial charge in [-0.3, -0.25) is 19.4 Å². The SMILES string of the molecule is C=CCN1CC=C([C@H]2[C@@H](C)OC(=O)C(C)(C)C(=O)C[C@@H](O[C@@H]3O[C@H](C)C[C@H](N(C)C)[C@H]3O)[C@](C)(OC)C[C@@H](C)CN2C)CC1. The number of carbonyl (C=O) groups is 2. The number of rotatable bonds is 7. The van der Waals surface area contributed by atoms with E-state index in [2.05, 4.69) is 36.4 Å². The van der Waals surface area contributed by atoms with Gasteiger partial charge in [0, 0.05) is 45.8 Å². The standard InChI is InChI=1S/C34H59N3O7/c1-12-15-37-16-13-25(14-17-37)29-24(4)43-32(40)33(5,6)27(38)19-28(34(7,41-11)20-22(2)21-36(29)10)44-31-30(39)26(35(8)9)18-23(3)42-31/h12-13,22-24,26,28-31,39H,1,14-21H2,2-11H3/t22-,23-,24-,26+,28-,29-,30-,31+,34-/m1/s1. The summed E-state index contributed by atoms with van der Waals surface area (Å²) >= 11 is 0. The molecule has 252 valence electrons. The molecule has 0 aromatic heterocycles. The number of nitrogens with zero attached hydrogens (tertiary/aromatic N) is 3. The minimum Gasteiger partial charge on any atom is -0.460 e. The number of esters is 1. The van der Waals surface area contributed by atoms with E-state index in [9.17, 15) is 14.7 Å². The molecule has 3 aliphatic rings. The predicted octanol–water partition coefficient (Wildman–Crippen LogP) is 3.28. The number of methoxy groups -OCH3 is 1. The van der Waals surface area contributed by atoms with Crippen LogP contribution in [0.5, 0.6) is 0 Å². The van der Waals surface area contributed by atoms with E-state index in [0.29, 0.717) is 19.4 Å². The second kappa shape index (κ2) is 15.3. The first-order valence-corrected chi connectivity index (χ1v) is 16.2. The Morgan fingerprint density at radius 3 is 2.45 bits per heavy atom. The summed E-state index contributed by atoms with van der Waals surface area (Å²) < 4.78 is 24.9. The summed E-state index contributed by atoms with van der Waals surface area (Å²) in [5.74, 6) is -0.727. The Kier molecular flexibility index (Phi) is 12.8. The second-order valence-electron chi connectivity index (χ2n) is 14.3. The third-order valence-corrected chi connectivity index (χ3v) is 9.96. The van der Waals surface area contributed by atoms with Gasteiger partial charge >= 0.3 is 5.97 Å². The van der Waals surface area contributed by atoms with Crippen LogP contribution in [0.15, 0.2) is 24.3 Å². The molecule has 0 aromatic rings. The molecule has 3 rings (SSSR count). The third kappa shape index (κ3) is 8.57. The molecule has 2 fully saturated rings. The number of carbonyl (C=O) groups excluding carboxylic acids is 2. The van der Waals surface area contributed by atoms with Gasteiger partial charge in [-0.2, -0.15) is 0 Å². The Hall–Kier alpha value is -1.66. The molecule has 3 aliphatic heterocycles. The summed E-state index contributed by atoms with van der Waals surface area (Å²) in [7, 11) is 7.55. The molecule has 3 heterocycles. The maximum atomic E-state index is 14.0. The van der Waals surface area contributed by atoms with Gasteiger partial charge in [0.2, 0.25) is 0 Å². The van der Waals surface area contributed by atoms with E-state index >= 15 is 0 Å². The van der Waals surface area contributed by atoms with Crippen LogP contribution in [0, 0.1) is 11.3 Å². The molecular weight excluding hydrogens is 562 g/mol. The number of cyclic esters (lactones) is 1. The summed E-state index contributed by atoms with van der Waals surface area (Å²) in [5.41, 5.74) is -1.08. The lowest BCUT2D eigenvalue weighted by atomic mass is 9.79. The van der Waals surface area contributed by atoms with Gasteiger partial charge in [0.1, 0.15) is 17.6 Å². The molecule has 0 amide bonds. The third-order valence-electron chi connectivity index (χ3n) is 9.96. The molecule has 0 saturated carbocycles. The predicted molar refractivity (Wildman–Crippen MR) is 171 cm³/mol. The lowest BCUT2D eigenvalue weighted by molar-refractivity contribution is -0.289. The molecule has 9 atom stereocenters. The molecule has 10 nitrogen and oxygen atoms in total. The van der Waals surface area contributed by atoms with Crippen molar-refractivity contribution in [3.8, 4) is 0 Å². The van der Waals surface area contributed by atoms with Crippen molar-refractivity contribution in [2.24, 2.45) is 11.3 Å². The molecule has 0 radical (unpaired) electrons. The number of ether oxygens (including phenoxy) is 4. The highest BCUT2D eigenvalue weighted by Gasteiger charge is 2.48. The maximum Gasteiger partial charge on any atom is 0.319 e. The molecule has 1 N–H and O–H groups in total. The van der Waals surface area contributed by atoms with Gasteiger partial charge in [0.05, 0.1) is 23.9 Å². The maximum absolute atomic E-state index is 14.0. The van der Waals surface area contributed by atoms with Crippen LogP contribution in [-0.2, 0) is 28.5 Å². The van der Waals surface area contributed by atoms with Gasteiger partial charge in [0.25, 0.3) is 0 Å². The van der Waals surface area contributed by atoms with Gasteiger partial charge in [-0.25, -0.2) is 0 Å². The van der Waals surface area contributed by atoms with Crippen LogP contribution in [-0.4, -0.2) is 134 Å². The first-order valence-electron chi connectivity index (χ1n) is 16.2. The zero-order valence-electron chi connectivity index (χ0n) is 28.9. The van der Waals surface area contributed by atoms with Crippen molar-refractivity contribution in [3.63, 3.8) is 0 Å². The van der Waals surface area contributed by atoms with Crippen molar-refractivity contribution in [2.45, 2.75) is 116 Å². The van der Waals surface area contributed by atoms with Gasteiger partial charge in [0.15, 0.2) is 12.1 Å². The van der Waals surface area contributed by atoms with Crippen LogP contribution in [0.3, 0.4) is 0 Å². The number of aliphatic hydroxyl groups is 1. The Morgan fingerprint density at radius 2 is 1.89 bits per heavy atom. The smallest absolute Gasteiger partial charge is 0.319 e. The minimum absolute atomic E-state index is 0.0926. The number of likely N-dealkylation sites (N-methyl/N-ethyl adjacent to an activating group) is 2. The van der Waals surface area contributed by atoms with E-state index < -0.39 is 41.6 Å². The summed E-state index contributed by atoms with van der Waals surface area (Å²) in [5, 5.41) is 11.3. The van der Waals surface area contributed by atoms with E-state index in [1.807, 2.05) is 45.8 Å². The van der Waals surface area contributed by atoms with E-state index in [4.69, 9.17) is 18.9 Å².